The first-order valence-corrected chi connectivity index (χ1v) is 14.8. The van der Waals surface area contributed by atoms with E-state index < -0.39 is 23.9 Å². The lowest BCUT2D eigenvalue weighted by molar-refractivity contribution is -0.124. The molecule has 1 atom stereocenters. The quantitative estimate of drug-likeness (QED) is 0.196. The van der Waals surface area contributed by atoms with E-state index in [2.05, 4.69) is 21.4 Å². The number of fused-ring (bicyclic) bond motifs is 4. The number of benzene rings is 3. The molecule has 3 aromatic carbocycles. The smallest absolute Gasteiger partial charge is 0.341 e. The van der Waals surface area contributed by atoms with E-state index in [0.717, 1.165) is 28.0 Å². The Hall–Kier alpha value is -4.76. The maximum Gasteiger partial charge on any atom is 0.341 e. The van der Waals surface area contributed by atoms with E-state index in [1.165, 1.54) is 16.9 Å². The summed E-state index contributed by atoms with van der Waals surface area (Å²) in [4.78, 5) is 48.4. The molecule has 1 aliphatic carbocycles. The molecule has 0 saturated carbocycles. The Labute approximate surface area is 246 Å². The van der Waals surface area contributed by atoms with Gasteiger partial charge in [0.1, 0.15) is 10.8 Å². The summed E-state index contributed by atoms with van der Waals surface area (Å²) < 4.78 is 11.0. The number of anilines is 1. The number of aryl methyl sites for hydroxylation is 1. The van der Waals surface area contributed by atoms with Crippen LogP contribution in [0.2, 0.25) is 0 Å². The molecule has 2 aromatic heterocycles. The number of imidazole rings is 1. The highest BCUT2D eigenvalue weighted by atomic mass is 32.1. The fourth-order valence-corrected chi connectivity index (χ4v) is 6.53. The number of ether oxygens (including phenoxy) is 2. The van der Waals surface area contributed by atoms with Gasteiger partial charge >= 0.3 is 11.9 Å². The molecule has 0 radical (unpaired) electrons. The zero-order valence-electron chi connectivity index (χ0n) is 23.2. The number of nitrogens with one attached hydrogen (secondary N) is 2. The lowest BCUT2D eigenvalue weighted by Crippen LogP contribution is -2.32. The summed E-state index contributed by atoms with van der Waals surface area (Å²) in [5.74, 6) is -0.907. The van der Waals surface area contributed by atoms with E-state index in [4.69, 9.17) is 9.47 Å². The third-order valence-electron chi connectivity index (χ3n) is 7.31. The summed E-state index contributed by atoms with van der Waals surface area (Å²) in [5, 5.41) is 3.29. The van der Waals surface area contributed by atoms with Gasteiger partial charge in [0.05, 0.1) is 28.8 Å². The highest BCUT2D eigenvalue weighted by molar-refractivity contribution is 7.20. The van der Waals surface area contributed by atoms with E-state index in [1.807, 2.05) is 48.5 Å². The van der Waals surface area contributed by atoms with Gasteiger partial charge in [0.15, 0.2) is 6.10 Å². The molecule has 2 N–H and O–H groups in total. The summed E-state index contributed by atoms with van der Waals surface area (Å²) in [5.41, 5.74) is 6.13. The summed E-state index contributed by atoms with van der Waals surface area (Å²) in [6.07, 6.45) is 0.658. The average Bonchev–Trinajstić information content (AvgIpc) is 3.61. The van der Waals surface area contributed by atoms with Gasteiger partial charge in [-0.2, -0.15) is 0 Å². The predicted molar refractivity (Wildman–Crippen MR) is 163 cm³/mol. The van der Waals surface area contributed by atoms with E-state index in [-0.39, 0.29) is 13.0 Å². The summed E-state index contributed by atoms with van der Waals surface area (Å²) in [7, 11) is 0. The number of amides is 1. The van der Waals surface area contributed by atoms with Crippen molar-refractivity contribution in [2.45, 2.75) is 39.2 Å². The number of hydrogen-bond acceptors (Lipinski definition) is 7. The third kappa shape index (κ3) is 5.19. The van der Waals surface area contributed by atoms with Gasteiger partial charge in [-0.05, 0) is 61.1 Å². The minimum absolute atomic E-state index is 0.218. The molecular weight excluding hydrogens is 550 g/mol. The zero-order valence-corrected chi connectivity index (χ0v) is 24.0. The number of thiophene rings is 1. The molecule has 0 aliphatic heterocycles. The van der Waals surface area contributed by atoms with Crippen molar-refractivity contribution in [2.75, 3.05) is 11.9 Å². The largest absolute Gasteiger partial charge is 0.462 e. The number of carbonyl (C=O) groups excluding carboxylic acids is 3. The van der Waals surface area contributed by atoms with Crippen LogP contribution in [0.1, 0.15) is 52.1 Å². The topological polar surface area (TPSA) is 110 Å². The predicted octanol–water partition coefficient (Wildman–Crippen LogP) is 6.81. The van der Waals surface area contributed by atoms with Crippen LogP contribution in [-0.2, 0) is 27.1 Å². The second-order valence-corrected chi connectivity index (χ2v) is 11.0. The third-order valence-corrected chi connectivity index (χ3v) is 8.49. The first kappa shape index (κ1) is 27.4. The Kier molecular flexibility index (Phi) is 7.58. The Morgan fingerprint density at radius 1 is 0.976 bits per heavy atom. The molecule has 212 valence electrons. The van der Waals surface area contributed by atoms with Gasteiger partial charge < -0.3 is 19.8 Å². The number of rotatable bonds is 8. The van der Waals surface area contributed by atoms with Crippen LogP contribution in [-0.4, -0.2) is 40.5 Å². The Balaban J connectivity index is 1.23. The fourth-order valence-electron chi connectivity index (χ4n) is 5.23. The number of esters is 2. The number of aromatic amines is 1. The molecule has 42 heavy (non-hydrogen) atoms. The van der Waals surface area contributed by atoms with Crippen LogP contribution in [0.3, 0.4) is 0 Å². The summed E-state index contributed by atoms with van der Waals surface area (Å²) >= 11 is 1.35. The number of nitrogens with zero attached hydrogens (tertiary/aromatic N) is 1. The van der Waals surface area contributed by atoms with Crippen LogP contribution < -0.4 is 5.32 Å². The number of aromatic nitrogens is 2. The van der Waals surface area contributed by atoms with E-state index >= 15 is 0 Å². The fraction of sp³-hybridized carbons (Fsp3) is 0.212. The van der Waals surface area contributed by atoms with Crippen molar-refractivity contribution in [1.82, 2.24) is 9.97 Å². The molecule has 8 nitrogen and oxygen atoms in total. The molecule has 0 spiro atoms. The monoisotopic (exact) mass is 579 g/mol. The second kappa shape index (κ2) is 11.6. The molecule has 1 aliphatic rings. The molecule has 0 saturated heterocycles. The molecule has 6 rings (SSSR count). The van der Waals surface area contributed by atoms with Crippen LogP contribution in [0.4, 0.5) is 5.00 Å². The Bertz CT molecular complexity index is 1810. The maximum atomic E-state index is 13.4. The number of carbonyl (C=O) groups is 3. The van der Waals surface area contributed by atoms with Crippen molar-refractivity contribution >= 4 is 45.2 Å². The van der Waals surface area contributed by atoms with Crippen LogP contribution in [0, 0.1) is 0 Å². The lowest BCUT2D eigenvalue weighted by Gasteiger charge is -2.17. The lowest BCUT2D eigenvalue weighted by atomic mass is 9.89. The van der Waals surface area contributed by atoms with Gasteiger partial charge in [-0.1, -0.05) is 61.5 Å². The van der Waals surface area contributed by atoms with E-state index in [0.29, 0.717) is 39.4 Å². The summed E-state index contributed by atoms with van der Waals surface area (Å²) in [6, 6.07) is 22.8. The van der Waals surface area contributed by atoms with Crippen molar-refractivity contribution < 1.29 is 23.9 Å². The van der Waals surface area contributed by atoms with Crippen molar-refractivity contribution in [1.29, 1.82) is 0 Å². The second-order valence-electron chi connectivity index (χ2n) is 9.97. The average molecular weight is 580 g/mol. The van der Waals surface area contributed by atoms with Gasteiger partial charge in [0.2, 0.25) is 0 Å². The van der Waals surface area contributed by atoms with E-state index in [9.17, 15) is 14.4 Å². The maximum absolute atomic E-state index is 13.4. The normalized spacial score (nSPS) is 12.7. The zero-order chi connectivity index (χ0) is 29.2. The molecule has 1 amide bonds. The molecular formula is C33H29N3O5S. The highest BCUT2D eigenvalue weighted by Crippen LogP contribution is 2.45. The van der Waals surface area contributed by atoms with Crippen LogP contribution in [0.25, 0.3) is 32.9 Å². The van der Waals surface area contributed by atoms with Crippen LogP contribution in [0.5, 0.6) is 0 Å². The molecule has 1 unspecified atom stereocenters. The van der Waals surface area contributed by atoms with Crippen LogP contribution >= 0.6 is 11.3 Å². The minimum Gasteiger partial charge on any atom is -0.462 e. The van der Waals surface area contributed by atoms with Gasteiger partial charge in [-0.15, -0.1) is 11.3 Å². The van der Waals surface area contributed by atoms with Crippen molar-refractivity contribution in [3.05, 3.63) is 95.1 Å². The van der Waals surface area contributed by atoms with Gasteiger partial charge in [0.25, 0.3) is 5.91 Å². The molecule has 9 heteroatoms. The number of H-pyrrole nitrogens is 1. The molecule has 0 fully saturated rings. The van der Waals surface area contributed by atoms with Crippen molar-refractivity contribution in [2.24, 2.45) is 0 Å². The summed E-state index contributed by atoms with van der Waals surface area (Å²) in [6.45, 7) is 3.74. The first-order valence-electron chi connectivity index (χ1n) is 13.9. The first-order chi connectivity index (χ1) is 20.5. The highest BCUT2D eigenvalue weighted by Gasteiger charge is 2.31. The van der Waals surface area contributed by atoms with Crippen molar-refractivity contribution in [3.8, 4) is 21.8 Å². The van der Waals surface area contributed by atoms with Gasteiger partial charge in [0, 0.05) is 10.4 Å². The molecule has 2 heterocycles. The van der Waals surface area contributed by atoms with E-state index in [1.54, 1.807) is 32.0 Å². The van der Waals surface area contributed by atoms with Gasteiger partial charge in [-0.25, -0.2) is 14.6 Å². The SMILES string of the molecule is CCOC(=O)c1c(NC(=O)C(CC)OC(=O)c2ccc3nc(-c4ccccc4)[nH]c3c2)sc2c1CCc1ccccc1-2. The number of hydrogen-bond donors (Lipinski definition) is 2. The Morgan fingerprint density at radius 3 is 2.55 bits per heavy atom. The molecule has 5 aromatic rings. The standard InChI is InChI=1S/C33H29N3O5S/c1-3-26(41-32(38)21-15-17-24-25(18-21)35-29(34-24)20-11-6-5-7-12-20)30(37)36-31-27(33(39)40-4-2)23-16-14-19-10-8-9-13-22(19)28(23)42-31/h5-13,15,17-18,26H,3-4,14,16H2,1-2H3,(H,34,35)(H,36,37). The van der Waals surface area contributed by atoms with Crippen LogP contribution in [0.15, 0.2) is 72.8 Å². The van der Waals surface area contributed by atoms with Gasteiger partial charge in [-0.3, -0.25) is 4.79 Å². The minimum atomic E-state index is -1.06. The Morgan fingerprint density at radius 2 is 1.76 bits per heavy atom. The van der Waals surface area contributed by atoms with Crippen molar-refractivity contribution in [3.63, 3.8) is 0 Å². The molecule has 0 bridgehead atoms.